The van der Waals surface area contributed by atoms with Crippen molar-refractivity contribution in [2.45, 2.75) is 37.2 Å². The predicted octanol–water partition coefficient (Wildman–Crippen LogP) is 1.89. The van der Waals surface area contributed by atoms with Crippen molar-refractivity contribution in [2.75, 3.05) is 18.5 Å². The highest BCUT2D eigenvalue weighted by atomic mass is 32.2. The van der Waals surface area contributed by atoms with E-state index in [0.717, 1.165) is 22.5 Å². The van der Waals surface area contributed by atoms with Crippen LogP contribution in [0.1, 0.15) is 31.0 Å². The second-order valence-corrected chi connectivity index (χ2v) is 9.74. The van der Waals surface area contributed by atoms with Gasteiger partial charge in [-0.15, -0.1) is 0 Å². The van der Waals surface area contributed by atoms with Crippen molar-refractivity contribution >= 4 is 21.6 Å². The first-order valence-electron chi connectivity index (χ1n) is 10.3. The second kappa shape index (κ2) is 8.45. The van der Waals surface area contributed by atoms with Crippen LogP contribution in [-0.4, -0.2) is 53.6 Å². The number of aromatic nitrogens is 3. The zero-order valence-corrected chi connectivity index (χ0v) is 19.0. The summed E-state index contributed by atoms with van der Waals surface area (Å²) in [7, 11) is -1.86. The lowest BCUT2D eigenvalue weighted by Gasteiger charge is -2.29. The number of carbonyl (C=O) groups excluding carboxylic acids is 1. The predicted molar refractivity (Wildman–Crippen MR) is 121 cm³/mol. The topological polar surface area (TPSA) is 114 Å². The average Bonchev–Trinajstić information content (AvgIpc) is 3.39. The Balaban J connectivity index is 1.47. The van der Waals surface area contributed by atoms with Crippen LogP contribution in [0.3, 0.4) is 0 Å². The normalized spacial score (nSPS) is 16.9. The molecule has 0 saturated heterocycles. The number of benzene rings is 2. The fourth-order valence-corrected chi connectivity index (χ4v) is 4.66. The molecule has 3 aromatic rings. The van der Waals surface area contributed by atoms with E-state index in [1.165, 1.54) is 12.4 Å². The van der Waals surface area contributed by atoms with Crippen LogP contribution in [0.25, 0.3) is 5.69 Å². The molecule has 0 unspecified atom stereocenters. The number of nitrogens with zero attached hydrogens (tertiary/aromatic N) is 5. The maximum absolute atomic E-state index is 13.2. The van der Waals surface area contributed by atoms with Gasteiger partial charge in [0.1, 0.15) is 12.7 Å². The molecule has 0 saturated carbocycles. The van der Waals surface area contributed by atoms with Gasteiger partial charge in [0.25, 0.3) is 0 Å². The van der Waals surface area contributed by atoms with Gasteiger partial charge in [-0.25, -0.2) is 23.2 Å². The summed E-state index contributed by atoms with van der Waals surface area (Å²) in [4.78, 5) is 21.0. The summed E-state index contributed by atoms with van der Waals surface area (Å²) < 4.78 is 25.0. The summed E-state index contributed by atoms with van der Waals surface area (Å²) in [5.74, 6) is -0.0341. The Hall–Kier alpha value is -3.08. The lowest BCUT2D eigenvalue weighted by molar-refractivity contribution is -0.120. The number of primary sulfonamides is 1. The number of amides is 1. The molecule has 2 heterocycles. The summed E-state index contributed by atoms with van der Waals surface area (Å²) in [6.45, 7) is 4.24. The van der Waals surface area contributed by atoms with Gasteiger partial charge in [0.15, 0.2) is 0 Å². The monoisotopic (exact) mass is 454 g/mol. The number of sulfonamides is 1. The van der Waals surface area contributed by atoms with Gasteiger partial charge in [0.05, 0.1) is 17.1 Å². The van der Waals surface area contributed by atoms with Crippen LogP contribution < -0.4 is 10.0 Å². The van der Waals surface area contributed by atoms with Crippen LogP contribution in [0.4, 0.5) is 5.69 Å². The van der Waals surface area contributed by atoms with Crippen molar-refractivity contribution in [1.29, 1.82) is 0 Å². The maximum Gasteiger partial charge on any atom is 0.241 e. The third-order valence-electron chi connectivity index (χ3n) is 5.97. The van der Waals surface area contributed by atoms with Crippen LogP contribution >= 0.6 is 0 Å². The van der Waals surface area contributed by atoms with Crippen LogP contribution in [-0.2, 0) is 21.2 Å². The number of likely N-dealkylation sites (N-methyl/N-ethyl adjacent to an activating group) is 1. The molecule has 2 atom stereocenters. The van der Waals surface area contributed by atoms with E-state index in [1.807, 2.05) is 43.1 Å². The highest BCUT2D eigenvalue weighted by Crippen LogP contribution is 2.34. The molecule has 32 heavy (non-hydrogen) atoms. The Kier molecular flexibility index (Phi) is 5.85. The molecular formula is C22H26N6O3S. The number of fused-ring (bicyclic) bond motifs is 1. The van der Waals surface area contributed by atoms with E-state index in [4.69, 9.17) is 5.14 Å². The van der Waals surface area contributed by atoms with Gasteiger partial charge in [0.2, 0.25) is 15.9 Å². The molecule has 4 rings (SSSR count). The molecule has 1 aromatic heterocycles. The molecule has 1 aliphatic heterocycles. The Bertz CT molecular complexity index is 1230. The number of rotatable bonds is 6. The van der Waals surface area contributed by atoms with E-state index in [1.54, 1.807) is 28.0 Å². The molecule has 1 amide bonds. The van der Waals surface area contributed by atoms with E-state index in [-0.39, 0.29) is 29.4 Å². The quantitative estimate of drug-likeness (QED) is 0.608. The van der Waals surface area contributed by atoms with Crippen molar-refractivity contribution in [2.24, 2.45) is 5.14 Å². The lowest BCUT2D eigenvalue weighted by atomic mass is 10.1. The summed E-state index contributed by atoms with van der Waals surface area (Å²) in [6, 6.07) is 12.6. The minimum atomic E-state index is -3.78. The SMILES string of the molecule is C[C@H](c1ccc(-n2cncn2)cc1)N(C)CC(=O)N1c2ccc(S(N)(=O)=O)cc2C[C@@H]1C. The van der Waals surface area contributed by atoms with E-state index >= 15 is 0 Å². The first-order valence-corrected chi connectivity index (χ1v) is 11.8. The van der Waals surface area contributed by atoms with Crippen molar-refractivity contribution in [1.82, 2.24) is 19.7 Å². The summed E-state index contributed by atoms with van der Waals surface area (Å²) in [5, 5.41) is 9.38. The first kappa shape index (κ1) is 22.1. The van der Waals surface area contributed by atoms with Gasteiger partial charge in [-0.3, -0.25) is 9.69 Å². The number of nitrogens with two attached hydrogens (primary N) is 1. The largest absolute Gasteiger partial charge is 0.308 e. The zero-order valence-electron chi connectivity index (χ0n) is 18.2. The van der Waals surface area contributed by atoms with Crippen molar-refractivity contribution in [3.63, 3.8) is 0 Å². The average molecular weight is 455 g/mol. The van der Waals surface area contributed by atoms with E-state index in [9.17, 15) is 13.2 Å². The Morgan fingerprint density at radius 3 is 2.59 bits per heavy atom. The summed E-state index contributed by atoms with van der Waals surface area (Å²) in [5.41, 5.74) is 3.56. The van der Waals surface area contributed by atoms with Crippen LogP contribution in [0, 0.1) is 0 Å². The van der Waals surface area contributed by atoms with E-state index in [0.29, 0.717) is 6.42 Å². The molecule has 0 bridgehead atoms. The second-order valence-electron chi connectivity index (χ2n) is 8.18. The molecule has 168 valence electrons. The minimum Gasteiger partial charge on any atom is -0.308 e. The third kappa shape index (κ3) is 4.29. The van der Waals surface area contributed by atoms with E-state index < -0.39 is 10.0 Å². The van der Waals surface area contributed by atoms with Crippen molar-refractivity contribution in [3.8, 4) is 5.69 Å². The van der Waals surface area contributed by atoms with Gasteiger partial charge >= 0.3 is 0 Å². The van der Waals surface area contributed by atoms with Gasteiger partial charge in [0, 0.05) is 17.8 Å². The molecule has 9 nitrogen and oxygen atoms in total. The zero-order chi connectivity index (χ0) is 23.0. The number of hydrogen-bond donors (Lipinski definition) is 1. The molecular weight excluding hydrogens is 428 g/mol. The molecule has 0 radical (unpaired) electrons. The Morgan fingerprint density at radius 2 is 1.97 bits per heavy atom. The van der Waals surface area contributed by atoms with Crippen molar-refractivity contribution in [3.05, 3.63) is 66.2 Å². The highest BCUT2D eigenvalue weighted by molar-refractivity contribution is 7.89. The third-order valence-corrected chi connectivity index (χ3v) is 6.88. The smallest absolute Gasteiger partial charge is 0.241 e. The fourth-order valence-electron chi connectivity index (χ4n) is 4.09. The minimum absolute atomic E-state index is 0.0193. The van der Waals surface area contributed by atoms with Gasteiger partial charge in [-0.05, 0) is 68.8 Å². The molecule has 0 fully saturated rings. The van der Waals surface area contributed by atoms with Crippen molar-refractivity contribution < 1.29 is 13.2 Å². The molecule has 0 spiro atoms. The van der Waals surface area contributed by atoms with Crippen LogP contribution in [0.2, 0.25) is 0 Å². The van der Waals surface area contributed by atoms with Gasteiger partial charge < -0.3 is 4.90 Å². The Morgan fingerprint density at radius 1 is 1.25 bits per heavy atom. The number of anilines is 1. The van der Waals surface area contributed by atoms with Gasteiger partial charge in [-0.1, -0.05) is 12.1 Å². The fraction of sp³-hybridized carbons (Fsp3) is 0.318. The first-order chi connectivity index (χ1) is 15.1. The molecule has 2 N–H and O–H groups in total. The molecule has 1 aliphatic rings. The lowest BCUT2D eigenvalue weighted by Crippen LogP contribution is -2.42. The molecule has 2 aromatic carbocycles. The highest BCUT2D eigenvalue weighted by Gasteiger charge is 2.32. The maximum atomic E-state index is 13.2. The van der Waals surface area contributed by atoms with E-state index in [2.05, 4.69) is 17.0 Å². The standard InChI is InChI=1S/C22H26N6O3S/c1-15-10-18-11-20(32(23,30)31)8-9-21(18)28(15)22(29)12-26(3)16(2)17-4-6-19(7-5-17)27-14-24-13-25-27/h4-9,11,13-16H,10,12H2,1-3H3,(H2,23,30,31)/t15-,16+/m0/s1. The Labute approximate surface area is 187 Å². The van der Waals surface area contributed by atoms with Gasteiger partial charge in [-0.2, -0.15) is 5.10 Å². The molecule has 0 aliphatic carbocycles. The number of hydrogen-bond acceptors (Lipinski definition) is 6. The summed E-state index contributed by atoms with van der Waals surface area (Å²) >= 11 is 0. The number of carbonyl (C=O) groups is 1. The van der Waals surface area contributed by atoms with Crippen LogP contribution in [0.5, 0.6) is 0 Å². The van der Waals surface area contributed by atoms with Crippen LogP contribution in [0.15, 0.2) is 60.0 Å². The molecule has 10 heteroatoms. The summed E-state index contributed by atoms with van der Waals surface area (Å²) in [6.07, 6.45) is 3.72.